The van der Waals surface area contributed by atoms with E-state index in [1.54, 1.807) is 6.07 Å². The standard InChI is InChI=1S/C21H21F2NO4/c1-11-5-6-12(2)18-17(11)13(3)19(28-18)20(25)24-10-14-7-8-15(27-21(22)23)16(9-14)26-4/h5-9,21H,10H2,1-4H3,(H,24,25). The van der Waals surface area contributed by atoms with Crippen molar-refractivity contribution in [1.82, 2.24) is 5.32 Å². The first kappa shape index (κ1) is 19.7. The highest BCUT2D eigenvalue weighted by atomic mass is 19.3. The molecule has 148 valence electrons. The summed E-state index contributed by atoms with van der Waals surface area (Å²) < 4.78 is 40.1. The molecule has 1 aromatic heterocycles. The van der Waals surface area contributed by atoms with Crippen LogP contribution in [0.3, 0.4) is 0 Å². The van der Waals surface area contributed by atoms with Crippen molar-refractivity contribution < 1.29 is 27.5 Å². The van der Waals surface area contributed by atoms with Crippen molar-refractivity contribution >= 4 is 16.9 Å². The number of furan rings is 1. The minimum atomic E-state index is -2.94. The molecule has 7 heteroatoms. The maximum atomic E-state index is 12.6. The highest BCUT2D eigenvalue weighted by Crippen LogP contribution is 2.31. The molecule has 0 spiro atoms. The van der Waals surface area contributed by atoms with Crippen molar-refractivity contribution in [2.24, 2.45) is 0 Å². The molecule has 0 saturated heterocycles. The lowest BCUT2D eigenvalue weighted by molar-refractivity contribution is -0.0512. The highest BCUT2D eigenvalue weighted by molar-refractivity contribution is 6.00. The molecule has 3 rings (SSSR count). The average molecular weight is 389 g/mol. The molecule has 0 aliphatic carbocycles. The summed E-state index contributed by atoms with van der Waals surface area (Å²) in [6.07, 6.45) is 0. The number of nitrogens with one attached hydrogen (secondary N) is 1. The van der Waals surface area contributed by atoms with E-state index in [-0.39, 0.29) is 29.7 Å². The zero-order chi connectivity index (χ0) is 20.4. The normalized spacial score (nSPS) is 11.1. The lowest BCUT2D eigenvalue weighted by Gasteiger charge is -2.11. The number of benzene rings is 2. The van der Waals surface area contributed by atoms with E-state index in [2.05, 4.69) is 10.1 Å². The van der Waals surface area contributed by atoms with Crippen LogP contribution in [0.5, 0.6) is 11.5 Å². The highest BCUT2D eigenvalue weighted by Gasteiger charge is 2.20. The number of fused-ring (bicyclic) bond motifs is 1. The third-order valence-electron chi connectivity index (χ3n) is 4.59. The van der Waals surface area contributed by atoms with E-state index in [9.17, 15) is 13.6 Å². The number of hydrogen-bond acceptors (Lipinski definition) is 4. The van der Waals surface area contributed by atoms with Crippen LogP contribution in [0.1, 0.15) is 32.8 Å². The molecule has 0 saturated carbocycles. The van der Waals surface area contributed by atoms with Crippen LogP contribution in [0.15, 0.2) is 34.7 Å². The fourth-order valence-electron chi connectivity index (χ4n) is 3.17. The maximum absolute atomic E-state index is 12.6. The van der Waals surface area contributed by atoms with Crippen molar-refractivity contribution in [3.63, 3.8) is 0 Å². The Morgan fingerprint density at radius 2 is 1.82 bits per heavy atom. The molecule has 0 radical (unpaired) electrons. The van der Waals surface area contributed by atoms with Gasteiger partial charge in [0, 0.05) is 17.5 Å². The molecular weight excluding hydrogens is 368 g/mol. The number of ether oxygens (including phenoxy) is 2. The number of halogens is 2. The minimum absolute atomic E-state index is 0.0633. The summed E-state index contributed by atoms with van der Waals surface area (Å²) in [5, 5.41) is 3.74. The van der Waals surface area contributed by atoms with Crippen LogP contribution < -0.4 is 14.8 Å². The topological polar surface area (TPSA) is 60.7 Å². The second kappa shape index (κ2) is 7.88. The SMILES string of the molecule is COc1cc(CNC(=O)c2oc3c(C)ccc(C)c3c2C)ccc1OC(F)F. The first-order valence-corrected chi connectivity index (χ1v) is 8.71. The third-order valence-corrected chi connectivity index (χ3v) is 4.59. The minimum Gasteiger partial charge on any atom is -0.493 e. The van der Waals surface area contributed by atoms with E-state index < -0.39 is 6.61 Å². The van der Waals surface area contributed by atoms with Gasteiger partial charge in [-0.05, 0) is 49.6 Å². The third kappa shape index (κ3) is 3.78. The number of alkyl halides is 2. The van der Waals surface area contributed by atoms with Crippen LogP contribution in [0.25, 0.3) is 11.0 Å². The Labute approximate surface area is 161 Å². The van der Waals surface area contributed by atoms with Gasteiger partial charge in [-0.15, -0.1) is 0 Å². The zero-order valence-corrected chi connectivity index (χ0v) is 16.1. The molecule has 3 aromatic rings. The van der Waals surface area contributed by atoms with Crippen molar-refractivity contribution in [3.05, 3.63) is 58.3 Å². The molecule has 0 aliphatic heterocycles. The molecule has 1 heterocycles. The van der Waals surface area contributed by atoms with E-state index in [0.29, 0.717) is 11.1 Å². The number of hydrogen-bond donors (Lipinski definition) is 1. The number of amides is 1. The lowest BCUT2D eigenvalue weighted by atomic mass is 10.0. The Morgan fingerprint density at radius 3 is 2.46 bits per heavy atom. The molecule has 1 amide bonds. The molecule has 28 heavy (non-hydrogen) atoms. The first-order valence-electron chi connectivity index (χ1n) is 8.71. The Bertz CT molecular complexity index is 1030. The van der Waals surface area contributed by atoms with E-state index in [4.69, 9.17) is 9.15 Å². The van der Waals surface area contributed by atoms with Gasteiger partial charge < -0.3 is 19.2 Å². The van der Waals surface area contributed by atoms with Crippen molar-refractivity contribution in [1.29, 1.82) is 0 Å². The van der Waals surface area contributed by atoms with Crippen LogP contribution in [0.4, 0.5) is 8.78 Å². The number of carbonyl (C=O) groups is 1. The molecule has 0 unspecified atom stereocenters. The van der Waals surface area contributed by atoms with Crippen LogP contribution in [-0.2, 0) is 6.54 Å². The summed E-state index contributed by atoms with van der Waals surface area (Å²) in [5.41, 5.74) is 4.17. The molecule has 2 aromatic carbocycles. The van der Waals surface area contributed by atoms with Gasteiger partial charge in [0.15, 0.2) is 17.3 Å². The Balaban J connectivity index is 1.79. The fraction of sp³-hybridized carbons (Fsp3) is 0.286. The second-order valence-corrected chi connectivity index (χ2v) is 6.51. The van der Waals surface area contributed by atoms with E-state index in [1.807, 2.05) is 32.9 Å². The molecule has 0 bridgehead atoms. The summed E-state index contributed by atoms with van der Waals surface area (Å²) in [6.45, 7) is 3.00. The monoisotopic (exact) mass is 389 g/mol. The van der Waals surface area contributed by atoms with Gasteiger partial charge in [0.25, 0.3) is 5.91 Å². The molecule has 0 fully saturated rings. The van der Waals surface area contributed by atoms with E-state index in [0.717, 1.165) is 22.1 Å². The second-order valence-electron chi connectivity index (χ2n) is 6.51. The Morgan fingerprint density at radius 1 is 1.11 bits per heavy atom. The Hall–Kier alpha value is -3.09. The maximum Gasteiger partial charge on any atom is 0.387 e. The van der Waals surface area contributed by atoms with Crippen molar-refractivity contribution in [3.8, 4) is 11.5 Å². The van der Waals surface area contributed by atoms with Crippen LogP contribution in [-0.4, -0.2) is 19.6 Å². The summed E-state index contributed by atoms with van der Waals surface area (Å²) in [4.78, 5) is 12.6. The van der Waals surface area contributed by atoms with Gasteiger partial charge in [0.05, 0.1) is 7.11 Å². The Kier molecular flexibility index (Phi) is 5.53. The number of methoxy groups -OCH3 is 1. The average Bonchev–Trinajstić information content (AvgIpc) is 3.02. The first-order chi connectivity index (χ1) is 13.3. The predicted octanol–water partition coefficient (Wildman–Crippen LogP) is 4.90. The van der Waals surface area contributed by atoms with E-state index in [1.165, 1.54) is 19.2 Å². The van der Waals surface area contributed by atoms with Gasteiger partial charge >= 0.3 is 6.61 Å². The fourth-order valence-corrected chi connectivity index (χ4v) is 3.17. The molecule has 1 N–H and O–H groups in total. The van der Waals surface area contributed by atoms with Gasteiger partial charge in [-0.2, -0.15) is 8.78 Å². The number of rotatable bonds is 6. The number of carbonyl (C=O) groups excluding carboxylic acids is 1. The summed E-state index contributed by atoms with van der Waals surface area (Å²) in [7, 11) is 1.36. The van der Waals surface area contributed by atoms with Gasteiger partial charge in [0.2, 0.25) is 0 Å². The largest absolute Gasteiger partial charge is 0.493 e. The van der Waals surface area contributed by atoms with Crippen LogP contribution in [0.2, 0.25) is 0 Å². The molecular formula is C21H21F2NO4. The number of aryl methyl sites for hydroxylation is 3. The van der Waals surface area contributed by atoms with E-state index >= 15 is 0 Å². The van der Waals surface area contributed by atoms with Crippen LogP contribution >= 0.6 is 0 Å². The summed E-state index contributed by atoms with van der Waals surface area (Å²) in [5.74, 6) is 0.0151. The van der Waals surface area contributed by atoms with Crippen molar-refractivity contribution in [2.75, 3.05) is 7.11 Å². The summed E-state index contributed by atoms with van der Waals surface area (Å²) in [6, 6.07) is 8.46. The van der Waals surface area contributed by atoms with Gasteiger partial charge in [-0.1, -0.05) is 18.2 Å². The predicted molar refractivity (Wildman–Crippen MR) is 101 cm³/mol. The summed E-state index contributed by atoms with van der Waals surface area (Å²) >= 11 is 0. The van der Waals surface area contributed by atoms with Gasteiger partial charge in [-0.25, -0.2) is 0 Å². The zero-order valence-electron chi connectivity index (χ0n) is 16.1. The van der Waals surface area contributed by atoms with Gasteiger partial charge in [-0.3, -0.25) is 4.79 Å². The molecule has 5 nitrogen and oxygen atoms in total. The molecule has 0 atom stereocenters. The van der Waals surface area contributed by atoms with Crippen molar-refractivity contribution in [2.45, 2.75) is 33.9 Å². The quantitative estimate of drug-likeness (QED) is 0.652. The smallest absolute Gasteiger partial charge is 0.387 e. The van der Waals surface area contributed by atoms with Gasteiger partial charge in [0.1, 0.15) is 5.58 Å². The van der Waals surface area contributed by atoms with Crippen LogP contribution in [0, 0.1) is 20.8 Å². The molecule has 0 aliphatic rings. The lowest BCUT2D eigenvalue weighted by Crippen LogP contribution is -2.23.